The number of rotatable bonds is 10. The Morgan fingerprint density at radius 2 is 2.15 bits per heavy atom. The quantitative estimate of drug-likeness (QED) is 0.293. The van der Waals surface area contributed by atoms with Crippen LogP contribution in [0.5, 0.6) is 5.75 Å². The third-order valence-corrected chi connectivity index (χ3v) is 4.31. The molecule has 0 aromatic heterocycles. The van der Waals surface area contributed by atoms with E-state index in [9.17, 15) is 4.79 Å². The Kier molecular flexibility index (Phi) is 7.83. The van der Waals surface area contributed by atoms with Gasteiger partial charge in [-0.1, -0.05) is 37.6 Å². The van der Waals surface area contributed by atoms with Gasteiger partial charge in [0.2, 0.25) is 0 Å². The molecule has 0 saturated heterocycles. The molecule has 0 saturated carbocycles. The fraction of sp³-hybridized carbons (Fsp3) is 0.476. The van der Waals surface area contributed by atoms with Crippen LogP contribution < -0.4 is 9.97 Å². The number of carbonyl (C=O) groups is 1. The molecule has 1 radical (unpaired) electrons. The van der Waals surface area contributed by atoms with Crippen molar-refractivity contribution in [3.63, 3.8) is 0 Å². The molecule has 1 aromatic carbocycles. The zero-order valence-corrected chi connectivity index (χ0v) is 16.0. The third-order valence-electron chi connectivity index (χ3n) is 4.31. The molecule has 0 amide bonds. The summed E-state index contributed by atoms with van der Waals surface area (Å²) in [6, 6.07) is 5.62. The molecule has 26 heavy (non-hydrogen) atoms. The second-order valence-corrected chi connectivity index (χ2v) is 6.91. The molecule has 4 nitrogen and oxygen atoms in total. The first kappa shape index (κ1) is 20.2. The Morgan fingerprint density at radius 3 is 2.88 bits per heavy atom. The van der Waals surface area contributed by atoms with Crippen molar-refractivity contribution in [1.82, 2.24) is 5.32 Å². The van der Waals surface area contributed by atoms with Crippen LogP contribution in [0.4, 0.5) is 0 Å². The molecule has 1 N–H and O–H groups in total. The SMILES string of the molecule is C=C(C)CCCC(=C)NC1[B]Oc2c(cccc2C(=O)OCCCC)C1. The van der Waals surface area contributed by atoms with Gasteiger partial charge in [0.25, 0.3) is 0 Å². The van der Waals surface area contributed by atoms with E-state index in [1.54, 1.807) is 13.5 Å². The van der Waals surface area contributed by atoms with E-state index in [0.29, 0.717) is 17.9 Å². The predicted octanol–water partition coefficient (Wildman–Crippen LogP) is 4.37. The molecule has 2 rings (SSSR count). The topological polar surface area (TPSA) is 47.6 Å². The highest BCUT2D eigenvalue weighted by molar-refractivity contribution is 6.32. The standard InChI is InChI=1S/C21H29BNO3/c1-5-6-13-25-21(24)18-12-8-11-17-14-19(22-26-20(17)18)23-16(4)10-7-9-15(2)3/h8,11-12,19,23H,2,4-7,9-10,13-14H2,1,3H3. The summed E-state index contributed by atoms with van der Waals surface area (Å²) in [5, 5.41) is 3.40. The predicted molar refractivity (Wildman–Crippen MR) is 106 cm³/mol. The van der Waals surface area contributed by atoms with Gasteiger partial charge in [0.15, 0.2) is 0 Å². The molecule has 0 aliphatic carbocycles. The highest BCUT2D eigenvalue weighted by Gasteiger charge is 2.26. The Morgan fingerprint density at radius 1 is 1.35 bits per heavy atom. The van der Waals surface area contributed by atoms with Crippen LogP contribution in [0.1, 0.15) is 61.9 Å². The fourth-order valence-corrected chi connectivity index (χ4v) is 2.89. The Bertz CT molecular complexity index is 657. The number of hydrogen-bond donors (Lipinski definition) is 1. The third kappa shape index (κ3) is 5.97. The Hall–Kier alpha value is -2.17. The summed E-state index contributed by atoms with van der Waals surface area (Å²) in [7, 11) is 1.75. The monoisotopic (exact) mass is 354 g/mol. The van der Waals surface area contributed by atoms with Crippen LogP contribution >= 0.6 is 0 Å². The van der Waals surface area contributed by atoms with Crippen molar-refractivity contribution in [1.29, 1.82) is 0 Å². The lowest BCUT2D eigenvalue weighted by atomic mass is 9.78. The lowest BCUT2D eigenvalue weighted by Gasteiger charge is -2.27. The molecular weight excluding hydrogens is 325 g/mol. The molecule has 1 aromatic rings. The van der Waals surface area contributed by atoms with Gasteiger partial charge in [-0.3, -0.25) is 0 Å². The van der Waals surface area contributed by atoms with E-state index < -0.39 is 0 Å². The van der Waals surface area contributed by atoms with Crippen molar-refractivity contribution in [3.05, 3.63) is 53.8 Å². The molecule has 1 unspecified atom stereocenters. The molecule has 1 aliphatic rings. The summed E-state index contributed by atoms with van der Waals surface area (Å²) < 4.78 is 11.1. The van der Waals surface area contributed by atoms with Crippen molar-refractivity contribution in [3.8, 4) is 5.75 Å². The Balaban J connectivity index is 1.92. The van der Waals surface area contributed by atoms with E-state index in [4.69, 9.17) is 9.39 Å². The highest BCUT2D eigenvalue weighted by atomic mass is 16.5. The molecule has 5 heteroatoms. The van der Waals surface area contributed by atoms with E-state index in [0.717, 1.165) is 49.8 Å². The first-order chi connectivity index (χ1) is 12.5. The number of allylic oxidation sites excluding steroid dienone is 2. The summed E-state index contributed by atoms with van der Waals surface area (Å²) in [5.41, 5.74) is 3.69. The molecule has 1 atom stereocenters. The van der Waals surface area contributed by atoms with Crippen LogP contribution in [-0.2, 0) is 11.2 Å². The number of para-hydroxylation sites is 1. The zero-order valence-electron chi connectivity index (χ0n) is 16.0. The first-order valence-corrected chi connectivity index (χ1v) is 9.39. The second-order valence-electron chi connectivity index (χ2n) is 6.91. The summed E-state index contributed by atoms with van der Waals surface area (Å²) in [4.78, 5) is 12.3. The molecule has 0 bridgehead atoms. The average Bonchev–Trinajstić information content (AvgIpc) is 2.60. The number of hydrogen-bond acceptors (Lipinski definition) is 4. The van der Waals surface area contributed by atoms with Gasteiger partial charge in [-0.25, -0.2) is 4.79 Å². The fourth-order valence-electron chi connectivity index (χ4n) is 2.89. The smallest absolute Gasteiger partial charge is 0.394 e. The van der Waals surface area contributed by atoms with Crippen molar-refractivity contribution in [2.24, 2.45) is 0 Å². The minimum absolute atomic E-state index is 0.0474. The van der Waals surface area contributed by atoms with Gasteiger partial charge in [-0.2, -0.15) is 0 Å². The van der Waals surface area contributed by atoms with Crippen molar-refractivity contribution >= 4 is 13.5 Å². The van der Waals surface area contributed by atoms with Crippen LogP contribution in [0.2, 0.25) is 0 Å². The van der Waals surface area contributed by atoms with Gasteiger partial charge >= 0.3 is 13.5 Å². The van der Waals surface area contributed by atoms with Gasteiger partial charge in [0.05, 0.1) is 6.61 Å². The van der Waals surface area contributed by atoms with Crippen LogP contribution in [0, 0.1) is 0 Å². The Labute approximate surface area is 157 Å². The van der Waals surface area contributed by atoms with Crippen LogP contribution in [-0.4, -0.2) is 26.0 Å². The van der Waals surface area contributed by atoms with Gasteiger partial charge in [0.1, 0.15) is 11.3 Å². The molecule has 0 fully saturated rings. The molecular formula is C21H29BNO3. The van der Waals surface area contributed by atoms with Gasteiger partial charge in [-0.05, 0) is 50.7 Å². The lowest BCUT2D eigenvalue weighted by Crippen LogP contribution is -2.41. The van der Waals surface area contributed by atoms with Gasteiger partial charge < -0.3 is 14.7 Å². The number of carbonyl (C=O) groups excluding carboxylic acids is 1. The van der Waals surface area contributed by atoms with E-state index in [2.05, 4.69) is 25.4 Å². The van der Waals surface area contributed by atoms with Crippen LogP contribution in [0.25, 0.3) is 0 Å². The summed E-state index contributed by atoms with van der Waals surface area (Å²) in [6.45, 7) is 12.6. The maximum absolute atomic E-state index is 12.3. The number of ether oxygens (including phenoxy) is 1. The second kappa shape index (κ2) is 10.1. The summed E-state index contributed by atoms with van der Waals surface area (Å²) in [6.07, 6.45) is 5.58. The molecule has 1 heterocycles. The van der Waals surface area contributed by atoms with Crippen LogP contribution in [0.15, 0.2) is 42.6 Å². The number of esters is 1. The number of nitrogens with one attached hydrogen (secondary N) is 1. The van der Waals surface area contributed by atoms with Crippen molar-refractivity contribution < 1.29 is 14.2 Å². The van der Waals surface area contributed by atoms with Gasteiger partial charge in [-0.15, -0.1) is 6.58 Å². The van der Waals surface area contributed by atoms with E-state index in [1.807, 2.05) is 19.1 Å². The molecule has 1 aliphatic heterocycles. The highest BCUT2D eigenvalue weighted by Crippen LogP contribution is 2.29. The van der Waals surface area contributed by atoms with E-state index in [1.165, 1.54) is 5.57 Å². The first-order valence-electron chi connectivity index (χ1n) is 9.39. The maximum atomic E-state index is 12.3. The molecule has 0 spiro atoms. The summed E-state index contributed by atoms with van der Waals surface area (Å²) in [5.74, 6) is 0.338. The van der Waals surface area contributed by atoms with E-state index >= 15 is 0 Å². The van der Waals surface area contributed by atoms with Crippen molar-refractivity contribution in [2.75, 3.05) is 6.61 Å². The van der Waals surface area contributed by atoms with Crippen molar-refractivity contribution in [2.45, 2.75) is 58.3 Å². The van der Waals surface area contributed by atoms with E-state index in [-0.39, 0.29) is 11.9 Å². The van der Waals surface area contributed by atoms with Gasteiger partial charge in [0, 0.05) is 11.6 Å². The van der Waals surface area contributed by atoms with Crippen LogP contribution in [0.3, 0.4) is 0 Å². The summed E-state index contributed by atoms with van der Waals surface area (Å²) >= 11 is 0. The minimum atomic E-state index is -0.320. The number of benzene rings is 1. The average molecular weight is 354 g/mol. The largest absolute Gasteiger partial charge is 0.560 e. The number of unbranched alkanes of at least 4 members (excludes halogenated alkanes) is 1. The zero-order chi connectivity index (χ0) is 18.9. The number of fused-ring (bicyclic) bond motifs is 1. The minimum Gasteiger partial charge on any atom is -0.560 e. The normalized spacial score (nSPS) is 15.2. The lowest BCUT2D eigenvalue weighted by molar-refractivity contribution is 0.0497. The molecule has 139 valence electrons. The maximum Gasteiger partial charge on any atom is 0.394 e.